The molecule has 0 aliphatic heterocycles. The Bertz CT molecular complexity index is 996. The molecule has 0 atom stereocenters. The number of benzene rings is 1. The average Bonchev–Trinajstić information content (AvgIpc) is 3.32. The molecular weight excluding hydrogens is 378 g/mol. The van der Waals surface area contributed by atoms with E-state index in [0.29, 0.717) is 12.2 Å². The molecule has 0 bridgehead atoms. The molecule has 0 aliphatic rings. The molecule has 0 aliphatic carbocycles. The van der Waals surface area contributed by atoms with E-state index >= 15 is 0 Å². The molecule has 160 valence electrons. The first-order chi connectivity index (χ1) is 14.2. The topological polar surface area (TPSA) is 65.2 Å². The fourth-order valence-electron chi connectivity index (χ4n) is 3.14. The van der Waals surface area contributed by atoms with E-state index < -0.39 is 0 Å². The van der Waals surface area contributed by atoms with Crippen molar-refractivity contribution < 1.29 is 9.53 Å². The van der Waals surface area contributed by atoms with E-state index in [1.807, 2.05) is 36.9 Å². The van der Waals surface area contributed by atoms with Gasteiger partial charge >= 0.3 is 0 Å². The van der Waals surface area contributed by atoms with Gasteiger partial charge in [-0.25, -0.2) is 4.68 Å². The molecule has 3 rings (SSSR count). The van der Waals surface area contributed by atoms with Crippen LogP contribution >= 0.6 is 0 Å². The minimum absolute atomic E-state index is 0.107. The van der Waals surface area contributed by atoms with Crippen molar-refractivity contribution in [1.29, 1.82) is 0 Å². The molecular formula is C23H31N5O2. The van der Waals surface area contributed by atoms with E-state index in [1.165, 1.54) is 5.56 Å². The third kappa shape index (κ3) is 5.09. The van der Waals surface area contributed by atoms with Crippen LogP contribution in [0.4, 0.5) is 0 Å². The van der Waals surface area contributed by atoms with Crippen LogP contribution in [0.25, 0.3) is 0 Å². The van der Waals surface area contributed by atoms with Gasteiger partial charge in [0.1, 0.15) is 5.75 Å². The van der Waals surface area contributed by atoms with Gasteiger partial charge in [-0.2, -0.15) is 10.2 Å². The predicted octanol–water partition coefficient (Wildman–Crippen LogP) is 4.01. The van der Waals surface area contributed by atoms with Gasteiger partial charge < -0.3 is 9.64 Å². The van der Waals surface area contributed by atoms with Gasteiger partial charge in [0.2, 0.25) is 0 Å². The lowest BCUT2D eigenvalue weighted by Gasteiger charge is -2.19. The lowest BCUT2D eigenvalue weighted by Crippen LogP contribution is -2.27. The predicted molar refractivity (Wildman–Crippen MR) is 116 cm³/mol. The van der Waals surface area contributed by atoms with Gasteiger partial charge in [0.05, 0.1) is 5.69 Å². The van der Waals surface area contributed by atoms with Crippen molar-refractivity contribution in [2.75, 3.05) is 7.05 Å². The van der Waals surface area contributed by atoms with Crippen molar-refractivity contribution in [2.24, 2.45) is 0 Å². The number of carbonyl (C=O) groups excluding carboxylic acids is 1. The van der Waals surface area contributed by atoms with Gasteiger partial charge in [0.25, 0.3) is 5.91 Å². The van der Waals surface area contributed by atoms with E-state index in [9.17, 15) is 4.79 Å². The van der Waals surface area contributed by atoms with E-state index in [-0.39, 0.29) is 18.1 Å². The van der Waals surface area contributed by atoms with E-state index in [2.05, 4.69) is 43.1 Å². The van der Waals surface area contributed by atoms with Crippen molar-refractivity contribution in [3.63, 3.8) is 0 Å². The largest absolute Gasteiger partial charge is 0.471 e. The first kappa shape index (κ1) is 21.6. The Balaban J connectivity index is 1.58. The molecule has 3 aromatic rings. The van der Waals surface area contributed by atoms with E-state index in [0.717, 1.165) is 23.6 Å². The summed E-state index contributed by atoms with van der Waals surface area (Å²) in [6.07, 6.45) is 3.74. The number of aryl methyl sites for hydroxylation is 2. The number of hydrogen-bond acceptors (Lipinski definition) is 4. The van der Waals surface area contributed by atoms with E-state index in [1.54, 1.807) is 28.9 Å². The summed E-state index contributed by atoms with van der Waals surface area (Å²) in [5.74, 6) is 0.638. The zero-order valence-electron chi connectivity index (χ0n) is 18.7. The smallest absolute Gasteiger partial charge is 0.274 e. The Morgan fingerprint density at radius 2 is 1.80 bits per heavy atom. The second-order valence-electron chi connectivity index (χ2n) is 8.54. The molecule has 0 saturated heterocycles. The summed E-state index contributed by atoms with van der Waals surface area (Å²) in [4.78, 5) is 14.4. The Labute approximate surface area is 178 Å². The number of carbonyl (C=O) groups is 1. The number of nitrogens with zero attached hydrogens (tertiary/aromatic N) is 5. The summed E-state index contributed by atoms with van der Waals surface area (Å²) in [6, 6.07) is 9.79. The second-order valence-corrected chi connectivity index (χ2v) is 8.54. The van der Waals surface area contributed by atoms with Crippen LogP contribution in [0.5, 0.6) is 5.75 Å². The Kier molecular flexibility index (Phi) is 6.29. The number of aromatic nitrogens is 4. The maximum atomic E-state index is 12.7. The van der Waals surface area contributed by atoms with Gasteiger partial charge in [0.15, 0.2) is 12.4 Å². The second kappa shape index (κ2) is 8.73. The summed E-state index contributed by atoms with van der Waals surface area (Å²) in [5, 5.41) is 8.80. The van der Waals surface area contributed by atoms with Gasteiger partial charge in [-0.3, -0.25) is 9.48 Å². The van der Waals surface area contributed by atoms with Crippen molar-refractivity contribution in [3.05, 3.63) is 65.2 Å². The molecule has 0 spiro atoms. The van der Waals surface area contributed by atoms with Gasteiger partial charge in [-0.05, 0) is 43.0 Å². The molecule has 0 fully saturated rings. The molecule has 0 radical (unpaired) electrons. The van der Waals surface area contributed by atoms with Gasteiger partial charge in [-0.1, -0.05) is 32.9 Å². The third-order valence-corrected chi connectivity index (χ3v) is 5.07. The summed E-state index contributed by atoms with van der Waals surface area (Å²) in [7, 11) is 1.78. The first-order valence-electron chi connectivity index (χ1n) is 10.2. The van der Waals surface area contributed by atoms with Crippen molar-refractivity contribution in [1.82, 2.24) is 24.5 Å². The summed E-state index contributed by atoms with van der Waals surface area (Å²) in [6.45, 7) is 12.1. The van der Waals surface area contributed by atoms with Crippen LogP contribution in [0.2, 0.25) is 0 Å². The van der Waals surface area contributed by atoms with Crippen molar-refractivity contribution in [2.45, 2.75) is 59.9 Å². The zero-order valence-corrected chi connectivity index (χ0v) is 18.7. The molecule has 1 aromatic carbocycles. The fraction of sp³-hybridized carbons (Fsp3) is 0.435. The van der Waals surface area contributed by atoms with Crippen LogP contribution in [0.1, 0.15) is 55.0 Å². The number of hydrogen-bond donors (Lipinski definition) is 0. The standard InChI is InChI=1S/C23H31N5O2/c1-7-27-15-18(17(2)24-27)14-26(6)22(29)21-12-13-28(25-21)16-30-20-10-8-19(9-11-20)23(3,4)5/h8-13,15H,7,14,16H2,1-6H3. The highest BCUT2D eigenvalue weighted by Crippen LogP contribution is 2.24. The highest BCUT2D eigenvalue weighted by Gasteiger charge is 2.17. The molecule has 0 N–H and O–H groups in total. The monoisotopic (exact) mass is 409 g/mol. The maximum absolute atomic E-state index is 12.7. The lowest BCUT2D eigenvalue weighted by atomic mass is 9.87. The minimum Gasteiger partial charge on any atom is -0.471 e. The average molecular weight is 410 g/mol. The highest BCUT2D eigenvalue weighted by atomic mass is 16.5. The summed E-state index contributed by atoms with van der Waals surface area (Å²) < 4.78 is 9.31. The Hall–Kier alpha value is -3.09. The molecule has 30 heavy (non-hydrogen) atoms. The van der Waals surface area contributed by atoms with Gasteiger partial charge in [-0.15, -0.1) is 0 Å². The molecule has 7 nitrogen and oxygen atoms in total. The van der Waals surface area contributed by atoms with Gasteiger partial charge in [0, 0.05) is 38.1 Å². The number of ether oxygens (including phenoxy) is 1. The first-order valence-corrected chi connectivity index (χ1v) is 10.2. The molecule has 2 aromatic heterocycles. The molecule has 7 heteroatoms. The van der Waals surface area contributed by atoms with Crippen LogP contribution in [-0.2, 0) is 25.2 Å². The lowest BCUT2D eigenvalue weighted by molar-refractivity contribution is 0.0777. The minimum atomic E-state index is -0.132. The fourth-order valence-corrected chi connectivity index (χ4v) is 3.14. The number of amides is 1. The molecule has 1 amide bonds. The van der Waals surface area contributed by atoms with Crippen molar-refractivity contribution >= 4 is 5.91 Å². The summed E-state index contributed by atoms with van der Waals surface area (Å²) in [5.41, 5.74) is 3.73. The molecule has 0 saturated carbocycles. The van der Waals surface area contributed by atoms with Crippen LogP contribution < -0.4 is 4.74 Å². The maximum Gasteiger partial charge on any atom is 0.274 e. The Morgan fingerprint density at radius 3 is 2.40 bits per heavy atom. The number of rotatable bonds is 7. The molecule has 2 heterocycles. The van der Waals surface area contributed by atoms with Crippen molar-refractivity contribution in [3.8, 4) is 5.75 Å². The van der Waals surface area contributed by atoms with Crippen LogP contribution in [0.3, 0.4) is 0 Å². The highest BCUT2D eigenvalue weighted by molar-refractivity contribution is 5.91. The molecule has 0 unspecified atom stereocenters. The SMILES string of the molecule is CCn1cc(CN(C)C(=O)c2ccn(COc3ccc(C(C)(C)C)cc3)n2)c(C)n1. The van der Waals surface area contributed by atoms with Crippen LogP contribution in [0.15, 0.2) is 42.7 Å². The normalized spacial score (nSPS) is 11.5. The van der Waals surface area contributed by atoms with Crippen LogP contribution in [0, 0.1) is 6.92 Å². The summed E-state index contributed by atoms with van der Waals surface area (Å²) >= 11 is 0. The van der Waals surface area contributed by atoms with Crippen LogP contribution in [-0.4, -0.2) is 37.4 Å². The third-order valence-electron chi connectivity index (χ3n) is 5.07. The zero-order chi connectivity index (χ0) is 21.9. The van der Waals surface area contributed by atoms with E-state index in [4.69, 9.17) is 4.74 Å². The Morgan fingerprint density at radius 1 is 1.10 bits per heavy atom. The quantitative estimate of drug-likeness (QED) is 0.591.